The first kappa shape index (κ1) is 7.36. The Balaban J connectivity index is 0.000000360. The van der Waals surface area contributed by atoms with Gasteiger partial charge in [-0.25, -0.2) is 0 Å². The van der Waals surface area contributed by atoms with Gasteiger partial charge in [-0.2, -0.15) is 0 Å². The molecular weight excluding hydrogens is 110 g/mol. The smallest absolute Gasteiger partial charge is 0.0264 e. The maximum atomic E-state index is 2.87. The fourth-order valence-corrected chi connectivity index (χ4v) is 1.43. The van der Waals surface area contributed by atoms with Crippen molar-refractivity contribution in [1.29, 1.82) is 0 Å². The van der Waals surface area contributed by atoms with Gasteiger partial charge in [-0.3, -0.25) is 4.70 Å². The fourth-order valence-electron chi connectivity index (χ4n) is 0.957. The third-order valence-corrected chi connectivity index (χ3v) is 2.07. The van der Waals surface area contributed by atoms with Crippen molar-refractivity contribution in [3.63, 3.8) is 0 Å². The maximum Gasteiger partial charge on any atom is -0.0264 e. The van der Waals surface area contributed by atoms with Gasteiger partial charge < -0.3 is 0 Å². The minimum absolute atomic E-state index is 0. The zero-order valence-electron chi connectivity index (χ0n) is 4.39. The van der Waals surface area contributed by atoms with E-state index in [1.54, 1.807) is 0 Å². The summed E-state index contributed by atoms with van der Waals surface area (Å²) in [6, 6.07) is 0. The summed E-state index contributed by atoms with van der Waals surface area (Å²) in [5, 5.41) is 0. The molecule has 1 saturated carbocycles. The van der Waals surface area contributed by atoms with Crippen LogP contribution in [-0.4, -0.2) is 5.66 Å². The van der Waals surface area contributed by atoms with Crippen molar-refractivity contribution in [3.05, 3.63) is 0 Å². The summed E-state index contributed by atoms with van der Waals surface area (Å²) in [7, 11) is 2.87. The first-order valence-electron chi connectivity index (χ1n) is 2.65. The summed E-state index contributed by atoms with van der Waals surface area (Å²) in [5.74, 6) is 0. The number of rotatable bonds is 0. The summed E-state index contributed by atoms with van der Waals surface area (Å²) < 4.78 is 0. The number of halogens is 1. The Kier molecular flexibility index (Phi) is 3.55. The van der Waals surface area contributed by atoms with Gasteiger partial charge in [-0.05, 0) is 18.5 Å². The van der Waals surface area contributed by atoms with Gasteiger partial charge in [0.25, 0.3) is 0 Å². The Labute approximate surface area is 46.3 Å². The van der Waals surface area contributed by atoms with E-state index in [1.807, 2.05) is 0 Å². The molecule has 0 saturated heterocycles. The van der Waals surface area contributed by atoms with E-state index in [0.29, 0.717) is 0 Å². The molecule has 1 fully saturated rings. The van der Waals surface area contributed by atoms with Crippen molar-refractivity contribution in [3.8, 4) is 0 Å². The summed E-state index contributed by atoms with van der Waals surface area (Å²) in [5.41, 5.74) is 0.963. The Bertz CT molecular complexity index is 41.3. The van der Waals surface area contributed by atoms with Crippen LogP contribution in [0, 0.1) is 0 Å². The largest absolute Gasteiger partial charge is 0.269 e. The van der Waals surface area contributed by atoms with Crippen molar-refractivity contribution < 1.29 is 4.70 Å². The lowest BCUT2D eigenvalue weighted by molar-refractivity contribution is 0.886. The van der Waals surface area contributed by atoms with Gasteiger partial charge in [0, 0.05) is 0 Å². The molecule has 44 valence electrons. The summed E-state index contributed by atoms with van der Waals surface area (Å²) >= 11 is 0. The molecule has 1 atom stereocenters. The van der Waals surface area contributed by atoms with Crippen LogP contribution in [0.1, 0.15) is 25.7 Å². The van der Waals surface area contributed by atoms with Gasteiger partial charge in [0.1, 0.15) is 0 Å². The first-order valence-corrected chi connectivity index (χ1v) is 3.32. The van der Waals surface area contributed by atoms with E-state index in [9.17, 15) is 0 Å². The predicted molar refractivity (Wildman–Crippen MR) is 34.5 cm³/mol. The molecular formula is C5H12FP. The van der Waals surface area contributed by atoms with Gasteiger partial charge >= 0.3 is 0 Å². The molecule has 0 aromatic rings. The molecule has 0 nitrogen and oxygen atoms in total. The third-order valence-electron chi connectivity index (χ3n) is 1.40. The molecule has 0 radical (unpaired) electrons. The molecule has 0 spiro atoms. The van der Waals surface area contributed by atoms with E-state index in [2.05, 4.69) is 9.24 Å². The SMILES string of the molecule is F.PC1CCCC1. The second-order valence-electron chi connectivity index (χ2n) is 2.04. The van der Waals surface area contributed by atoms with Crippen LogP contribution >= 0.6 is 9.24 Å². The molecule has 0 aromatic heterocycles. The average molecular weight is 122 g/mol. The van der Waals surface area contributed by atoms with Crippen LogP contribution in [0.5, 0.6) is 0 Å². The second kappa shape index (κ2) is 3.37. The topological polar surface area (TPSA) is 0 Å². The standard InChI is InChI=1S/C5H11P.FH/c6-5-3-1-2-4-5;/h5H,1-4,6H2;1H. The minimum Gasteiger partial charge on any atom is -0.269 e. The highest BCUT2D eigenvalue weighted by molar-refractivity contribution is 7.17. The highest BCUT2D eigenvalue weighted by atomic mass is 31.0. The number of hydrogen-bond donors (Lipinski definition) is 0. The summed E-state index contributed by atoms with van der Waals surface area (Å²) in [6.07, 6.45) is 5.83. The Morgan fingerprint density at radius 2 is 1.57 bits per heavy atom. The van der Waals surface area contributed by atoms with E-state index >= 15 is 0 Å². The van der Waals surface area contributed by atoms with Crippen LogP contribution in [0.15, 0.2) is 0 Å². The molecule has 1 aliphatic rings. The molecule has 2 heteroatoms. The molecule has 0 aromatic carbocycles. The lowest BCUT2D eigenvalue weighted by Gasteiger charge is -1.91. The van der Waals surface area contributed by atoms with Crippen molar-refractivity contribution in [2.45, 2.75) is 31.3 Å². The lowest BCUT2D eigenvalue weighted by Crippen LogP contribution is -1.81. The molecule has 0 N–H and O–H groups in total. The highest BCUT2D eigenvalue weighted by Crippen LogP contribution is 2.24. The third kappa shape index (κ3) is 2.23. The van der Waals surface area contributed by atoms with E-state index < -0.39 is 0 Å². The highest BCUT2D eigenvalue weighted by Gasteiger charge is 2.07. The monoisotopic (exact) mass is 122 g/mol. The van der Waals surface area contributed by atoms with Crippen LogP contribution in [-0.2, 0) is 0 Å². The van der Waals surface area contributed by atoms with Crippen molar-refractivity contribution in [2.75, 3.05) is 0 Å². The van der Waals surface area contributed by atoms with Crippen LogP contribution in [0.4, 0.5) is 4.70 Å². The quantitative estimate of drug-likeness (QED) is 0.431. The Morgan fingerprint density at radius 3 is 1.71 bits per heavy atom. The van der Waals surface area contributed by atoms with Gasteiger partial charge in [-0.15, -0.1) is 9.24 Å². The molecule has 7 heavy (non-hydrogen) atoms. The minimum atomic E-state index is 0. The van der Waals surface area contributed by atoms with Crippen LogP contribution in [0.3, 0.4) is 0 Å². The van der Waals surface area contributed by atoms with Gasteiger partial charge in [0.2, 0.25) is 0 Å². The van der Waals surface area contributed by atoms with E-state index in [0.717, 1.165) is 5.66 Å². The van der Waals surface area contributed by atoms with Crippen LogP contribution < -0.4 is 0 Å². The van der Waals surface area contributed by atoms with E-state index in [-0.39, 0.29) is 4.70 Å². The molecule has 1 unspecified atom stereocenters. The van der Waals surface area contributed by atoms with Crippen molar-refractivity contribution >= 4 is 9.24 Å². The van der Waals surface area contributed by atoms with Crippen LogP contribution in [0.25, 0.3) is 0 Å². The van der Waals surface area contributed by atoms with Crippen molar-refractivity contribution in [1.82, 2.24) is 0 Å². The molecule has 0 bridgehead atoms. The molecule has 0 amide bonds. The first-order chi connectivity index (χ1) is 2.89. The Hall–Kier alpha value is 0.360. The molecule has 1 aliphatic carbocycles. The average Bonchev–Trinajstić information content (AvgIpc) is 1.86. The molecule has 1 rings (SSSR count). The zero-order valence-corrected chi connectivity index (χ0v) is 5.55. The Morgan fingerprint density at radius 1 is 1.14 bits per heavy atom. The lowest BCUT2D eigenvalue weighted by atomic mass is 10.4. The normalized spacial score (nSPS) is 21.9. The van der Waals surface area contributed by atoms with E-state index in [4.69, 9.17) is 0 Å². The molecule has 0 heterocycles. The van der Waals surface area contributed by atoms with Gasteiger partial charge in [0.15, 0.2) is 0 Å². The summed E-state index contributed by atoms with van der Waals surface area (Å²) in [6.45, 7) is 0. The fraction of sp³-hybridized carbons (Fsp3) is 1.00. The maximum absolute atomic E-state index is 2.87. The summed E-state index contributed by atoms with van der Waals surface area (Å²) in [4.78, 5) is 0. The van der Waals surface area contributed by atoms with Crippen molar-refractivity contribution in [2.24, 2.45) is 0 Å². The van der Waals surface area contributed by atoms with Gasteiger partial charge in [-0.1, -0.05) is 12.8 Å². The molecule has 0 aliphatic heterocycles. The van der Waals surface area contributed by atoms with Crippen LogP contribution in [0.2, 0.25) is 0 Å². The van der Waals surface area contributed by atoms with E-state index in [1.165, 1.54) is 25.7 Å². The predicted octanol–water partition coefficient (Wildman–Crippen LogP) is 1.96. The number of hydrogen-bond acceptors (Lipinski definition) is 0. The second-order valence-corrected chi connectivity index (χ2v) is 2.99. The zero-order chi connectivity index (χ0) is 4.41. The van der Waals surface area contributed by atoms with Gasteiger partial charge in [0.05, 0.1) is 0 Å².